The van der Waals surface area contributed by atoms with Crippen molar-refractivity contribution in [3.05, 3.63) is 23.8 Å². The van der Waals surface area contributed by atoms with E-state index in [0.29, 0.717) is 5.92 Å². The summed E-state index contributed by atoms with van der Waals surface area (Å²) in [4.78, 5) is 1.00. The first-order valence-corrected chi connectivity index (χ1v) is 7.97. The van der Waals surface area contributed by atoms with Gasteiger partial charge >= 0.3 is 0 Å². The third-order valence-electron chi connectivity index (χ3n) is 3.84. The minimum atomic E-state index is 0.224. The molecule has 1 saturated carbocycles. The molecule has 1 aromatic rings. The predicted octanol–water partition coefficient (Wildman–Crippen LogP) is 3.24. The topological polar surface area (TPSA) is 56.0 Å². The number of nitriles is 1. The van der Waals surface area contributed by atoms with E-state index in [-0.39, 0.29) is 12.6 Å². The lowest BCUT2D eigenvalue weighted by molar-refractivity contribution is 0.178. The molecule has 4 heteroatoms. The zero-order valence-corrected chi connectivity index (χ0v) is 12.0. The van der Waals surface area contributed by atoms with E-state index < -0.39 is 0 Å². The van der Waals surface area contributed by atoms with Crippen molar-refractivity contribution in [3.8, 4) is 6.07 Å². The van der Waals surface area contributed by atoms with Gasteiger partial charge in [-0.2, -0.15) is 5.26 Å². The van der Waals surface area contributed by atoms with Crippen molar-refractivity contribution >= 4 is 17.4 Å². The molecule has 1 aromatic carbocycles. The third kappa shape index (κ3) is 3.23. The fraction of sp³-hybridized carbons (Fsp3) is 0.533. The van der Waals surface area contributed by atoms with Gasteiger partial charge in [0.25, 0.3) is 0 Å². The molecule has 0 spiro atoms. The van der Waals surface area contributed by atoms with Gasteiger partial charge in [-0.25, -0.2) is 0 Å². The third-order valence-corrected chi connectivity index (χ3v) is 4.62. The first-order valence-electron chi connectivity index (χ1n) is 6.74. The maximum Gasteiger partial charge on any atom is 0.102 e. The summed E-state index contributed by atoms with van der Waals surface area (Å²) in [6.45, 7) is 0.224. The Morgan fingerprint density at radius 2 is 2.21 bits per heavy atom. The van der Waals surface area contributed by atoms with E-state index in [9.17, 15) is 10.4 Å². The number of benzene rings is 1. The Morgan fingerprint density at radius 3 is 2.89 bits per heavy atom. The number of aliphatic hydroxyl groups excluding tert-OH is 1. The molecule has 2 atom stereocenters. The summed E-state index contributed by atoms with van der Waals surface area (Å²) < 4.78 is 0. The summed E-state index contributed by atoms with van der Waals surface area (Å²) in [5.74, 6) is 0.304. The summed E-state index contributed by atoms with van der Waals surface area (Å²) in [5, 5.41) is 22.3. The molecule has 0 bridgehead atoms. The summed E-state index contributed by atoms with van der Waals surface area (Å²) >= 11 is 1.59. The number of rotatable bonds is 4. The monoisotopic (exact) mass is 276 g/mol. The molecule has 1 aliphatic rings. The minimum Gasteiger partial charge on any atom is -0.396 e. The maximum atomic E-state index is 9.46. The van der Waals surface area contributed by atoms with Crippen LogP contribution in [0.2, 0.25) is 0 Å². The van der Waals surface area contributed by atoms with Crippen LogP contribution < -0.4 is 5.32 Å². The Labute approximate surface area is 119 Å². The van der Waals surface area contributed by atoms with Crippen LogP contribution in [0.25, 0.3) is 0 Å². The van der Waals surface area contributed by atoms with E-state index in [0.717, 1.165) is 29.0 Å². The number of nitrogens with zero attached hydrogens (tertiary/aromatic N) is 1. The van der Waals surface area contributed by atoms with Crippen molar-refractivity contribution in [1.29, 1.82) is 5.26 Å². The highest BCUT2D eigenvalue weighted by atomic mass is 32.2. The van der Waals surface area contributed by atoms with E-state index in [1.54, 1.807) is 11.8 Å². The molecule has 3 nitrogen and oxygen atoms in total. The Morgan fingerprint density at radius 1 is 1.42 bits per heavy atom. The second-order valence-corrected chi connectivity index (χ2v) is 5.82. The fourth-order valence-corrected chi connectivity index (χ4v) is 3.33. The molecular formula is C15H20N2OS. The van der Waals surface area contributed by atoms with Crippen molar-refractivity contribution in [2.45, 2.75) is 36.6 Å². The number of hydrogen-bond donors (Lipinski definition) is 2. The molecule has 0 radical (unpaired) electrons. The second-order valence-electron chi connectivity index (χ2n) is 4.97. The van der Waals surface area contributed by atoms with Crippen LogP contribution in [-0.4, -0.2) is 24.0 Å². The molecule has 102 valence electrons. The molecule has 2 N–H and O–H groups in total. The average Bonchev–Trinajstić information content (AvgIpc) is 2.47. The number of nitrogens with one attached hydrogen (secondary N) is 1. The summed E-state index contributed by atoms with van der Waals surface area (Å²) in [6.07, 6.45) is 6.51. The van der Waals surface area contributed by atoms with Gasteiger partial charge in [-0.15, -0.1) is 11.8 Å². The smallest absolute Gasteiger partial charge is 0.102 e. The van der Waals surface area contributed by atoms with Crippen molar-refractivity contribution < 1.29 is 5.11 Å². The lowest BCUT2D eigenvalue weighted by atomic mass is 9.85. The van der Waals surface area contributed by atoms with Crippen molar-refractivity contribution in [2.24, 2.45) is 5.92 Å². The summed E-state index contributed by atoms with van der Waals surface area (Å²) in [7, 11) is 0. The van der Waals surface area contributed by atoms with Crippen LogP contribution in [0, 0.1) is 17.2 Å². The van der Waals surface area contributed by atoms with E-state index in [2.05, 4.69) is 11.4 Å². The SMILES string of the molecule is CSc1cccc(NC2CCCCC2CO)c1C#N. The predicted molar refractivity (Wildman–Crippen MR) is 79.4 cm³/mol. The van der Waals surface area contributed by atoms with Crippen LogP contribution >= 0.6 is 11.8 Å². The molecule has 0 aliphatic heterocycles. The van der Waals surface area contributed by atoms with Gasteiger partial charge in [-0.3, -0.25) is 0 Å². The Bertz CT molecular complexity index is 470. The van der Waals surface area contributed by atoms with Crippen molar-refractivity contribution in [3.63, 3.8) is 0 Å². The number of anilines is 1. The van der Waals surface area contributed by atoms with E-state index in [1.807, 2.05) is 24.5 Å². The highest BCUT2D eigenvalue weighted by Gasteiger charge is 2.25. The largest absolute Gasteiger partial charge is 0.396 e. The summed E-state index contributed by atoms with van der Waals surface area (Å²) in [5.41, 5.74) is 1.62. The molecule has 0 saturated heterocycles. The normalized spacial score (nSPS) is 22.8. The number of aliphatic hydroxyl groups is 1. The highest BCUT2D eigenvalue weighted by Crippen LogP contribution is 2.31. The Kier molecular flexibility index (Phi) is 5.12. The van der Waals surface area contributed by atoms with Gasteiger partial charge in [-0.1, -0.05) is 18.9 Å². The van der Waals surface area contributed by atoms with Crippen LogP contribution in [0.5, 0.6) is 0 Å². The minimum absolute atomic E-state index is 0.224. The first kappa shape index (κ1) is 14.2. The van der Waals surface area contributed by atoms with Gasteiger partial charge in [-0.05, 0) is 31.2 Å². The Hall–Kier alpha value is -1.18. The van der Waals surface area contributed by atoms with Crippen molar-refractivity contribution in [1.82, 2.24) is 0 Å². The molecule has 0 aromatic heterocycles. The first-order chi connectivity index (χ1) is 9.30. The van der Waals surface area contributed by atoms with Gasteiger partial charge in [0.2, 0.25) is 0 Å². The van der Waals surface area contributed by atoms with Gasteiger partial charge in [0, 0.05) is 23.5 Å². The molecule has 2 rings (SSSR count). The van der Waals surface area contributed by atoms with Gasteiger partial charge in [0.05, 0.1) is 11.3 Å². The van der Waals surface area contributed by atoms with E-state index in [4.69, 9.17) is 0 Å². The molecule has 1 aliphatic carbocycles. The van der Waals surface area contributed by atoms with Gasteiger partial charge < -0.3 is 10.4 Å². The molecule has 19 heavy (non-hydrogen) atoms. The van der Waals surface area contributed by atoms with Gasteiger partial charge in [0.15, 0.2) is 0 Å². The van der Waals surface area contributed by atoms with Crippen LogP contribution in [0.1, 0.15) is 31.2 Å². The zero-order chi connectivity index (χ0) is 13.7. The van der Waals surface area contributed by atoms with E-state index in [1.165, 1.54) is 12.8 Å². The standard InChI is InChI=1S/C15H20N2OS/c1-19-15-8-4-7-14(12(15)9-16)17-13-6-3-2-5-11(13)10-18/h4,7-8,11,13,17-18H,2-3,5-6,10H2,1H3. The van der Waals surface area contributed by atoms with Crippen LogP contribution in [0.3, 0.4) is 0 Å². The van der Waals surface area contributed by atoms with Crippen LogP contribution in [0.15, 0.2) is 23.1 Å². The lowest BCUT2D eigenvalue weighted by Crippen LogP contribution is -2.34. The van der Waals surface area contributed by atoms with Crippen molar-refractivity contribution in [2.75, 3.05) is 18.2 Å². The second kappa shape index (κ2) is 6.83. The summed E-state index contributed by atoms with van der Waals surface area (Å²) in [6, 6.07) is 8.48. The number of thioether (sulfide) groups is 1. The average molecular weight is 276 g/mol. The number of hydrogen-bond acceptors (Lipinski definition) is 4. The van der Waals surface area contributed by atoms with E-state index >= 15 is 0 Å². The molecule has 1 fully saturated rings. The maximum absolute atomic E-state index is 9.46. The van der Waals surface area contributed by atoms with Crippen LogP contribution in [-0.2, 0) is 0 Å². The Balaban J connectivity index is 2.20. The zero-order valence-electron chi connectivity index (χ0n) is 11.2. The molecule has 0 amide bonds. The van der Waals surface area contributed by atoms with Crippen LogP contribution in [0.4, 0.5) is 5.69 Å². The molecular weight excluding hydrogens is 256 g/mol. The molecule has 2 unspecified atom stereocenters. The quantitative estimate of drug-likeness (QED) is 0.829. The van der Waals surface area contributed by atoms with Gasteiger partial charge in [0.1, 0.15) is 6.07 Å². The lowest BCUT2D eigenvalue weighted by Gasteiger charge is -2.32. The fourth-order valence-electron chi connectivity index (χ4n) is 2.75. The highest BCUT2D eigenvalue weighted by molar-refractivity contribution is 7.98. The molecule has 0 heterocycles.